The first-order valence-corrected chi connectivity index (χ1v) is 7.85. The number of hydrogen-bond acceptors (Lipinski definition) is 8. The Hall–Kier alpha value is -2.55. The Kier molecular flexibility index (Phi) is 4.70. The lowest BCUT2D eigenvalue weighted by atomic mass is 9.93. The van der Waals surface area contributed by atoms with Crippen molar-refractivity contribution < 1.29 is 14.5 Å². The number of nitrogens with zero attached hydrogens (tertiary/aromatic N) is 5. The number of anilines is 1. The Labute approximate surface area is 139 Å². The largest absolute Gasteiger partial charge is 0.386 e. The van der Waals surface area contributed by atoms with Crippen LogP contribution < -0.4 is 10.2 Å². The predicted octanol–water partition coefficient (Wildman–Crippen LogP) is -0.142. The molecular formula is C15H20N6O3. The Bertz CT molecular complexity index is 692. The Morgan fingerprint density at radius 2 is 2.21 bits per heavy atom. The first-order chi connectivity index (χ1) is 11.6. The van der Waals surface area contributed by atoms with Gasteiger partial charge >= 0.3 is 0 Å². The molecule has 0 unspecified atom stereocenters. The molecule has 1 aliphatic rings. The van der Waals surface area contributed by atoms with E-state index in [0.29, 0.717) is 30.3 Å². The highest BCUT2D eigenvalue weighted by molar-refractivity contribution is 5.78. The van der Waals surface area contributed by atoms with Crippen LogP contribution in [0.5, 0.6) is 0 Å². The third-order valence-corrected chi connectivity index (χ3v) is 4.08. The van der Waals surface area contributed by atoms with Crippen molar-refractivity contribution in [2.45, 2.75) is 31.8 Å². The van der Waals surface area contributed by atoms with E-state index >= 15 is 0 Å². The van der Waals surface area contributed by atoms with E-state index in [9.17, 15) is 9.90 Å². The normalized spacial score (nSPS) is 20.8. The summed E-state index contributed by atoms with van der Waals surface area (Å²) >= 11 is 0. The zero-order valence-corrected chi connectivity index (χ0v) is 13.5. The Morgan fingerprint density at radius 3 is 2.92 bits per heavy atom. The summed E-state index contributed by atoms with van der Waals surface area (Å²) in [4.78, 5) is 22.4. The van der Waals surface area contributed by atoms with Crippen LogP contribution in [0.1, 0.15) is 24.2 Å². The van der Waals surface area contributed by atoms with E-state index in [0.717, 1.165) is 13.0 Å². The van der Waals surface area contributed by atoms with Gasteiger partial charge in [-0.25, -0.2) is 14.6 Å². The van der Waals surface area contributed by atoms with Gasteiger partial charge in [-0.2, -0.15) is 0 Å². The lowest BCUT2D eigenvalue weighted by Gasteiger charge is -2.39. The molecule has 0 bridgehead atoms. The van der Waals surface area contributed by atoms with Crippen molar-refractivity contribution in [1.29, 1.82) is 0 Å². The van der Waals surface area contributed by atoms with Crippen LogP contribution in [0.3, 0.4) is 0 Å². The van der Waals surface area contributed by atoms with Crippen molar-refractivity contribution in [3.05, 3.63) is 29.8 Å². The minimum absolute atomic E-state index is 0.0803. The molecule has 1 amide bonds. The molecule has 2 N–H and O–H groups in total. The maximum absolute atomic E-state index is 12.0. The molecule has 24 heavy (non-hydrogen) atoms. The maximum Gasteiger partial charge on any atom is 0.226 e. The van der Waals surface area contributed by atoms with Gasteiger partial charge in [0.15, 0.2) is 0 Å². The van der Waals surface area contributed by atoms with E-state index in [-0.39, 0.29) is 18.9 Å². The van der Waals surface area contributed by atoms with Crippen LogP contribution in [0.2, 0.25) is 0 Å². The van der Waals surface area contributed by atoms with Crippen LogP contribution >= 0.6 is 0 Å². The fraction of sp³-hybridized carbons (Fsp3) is 0.533. The minimum Gasteiger partial charge on any atom is -0.386 e. The van der Waals surface area contributed by atoms with Gasteiger partial charge in [-0.05, 0) is 25.8 Å². The number of aliphatic hydroxyl groups is 1. The molecule has 9 heteroatoms. The fourth-order valence-electron chi connectivity index (χ4n) is 2.77. The van der Waals surface area contributed by atoms with Crippen molar-refractivity contribution in [1.82, 2.24) is 25.6 Å². The number of β-amino-alcohol motifs (C(OH)–C–C–N with tert-alkyl or cyclic N) is 1. The first kappa shape index (κ1) is 16.3. The summed E-state index contributed by atoms with van der Waals surface area (Å²) in [6, 6.07) is 1.75. The Balaban J connectivity index is 1.55. The summed E-state index contributed by atoms with van der Waals surface area (Å²) in [6.07, 6.45) is 4.84. The summed E-state index contributed by atoms with van der Waals surface area (Å²) in [6.45, 7) is 3.05. The van der Waals surface area contributed by atoms with Gasteiger partial charge in [0.25, 0.3) is 0 Å². The highest BCUT2D eigenvalue weighted by Crippen LogP contribution is 2.23. The SMILES string of the molecule is Cc1nonc1CC(=O)NC[C@@]1(O)CCCN(c2ncccn2)C1. The Morgan fingerprint density at radius 1 is 1.42 bits per heavy atom. The number of carbonyl (C=O) groups excluding carboxylic acids is 1. The van der Waals surface area contributed by atoms with E-state index in [2.05, 4.69) is 30.2 Å². The van der Waals surface area contributed by atoms with Crippen molar-refractivity contribution in [2.24, 2.45) is 0 Å². The van der Waals surface area contributed by atoms with Gasteiger partial charge in [0.2, 0.25) is 11.9 Å². The second-order valence-corrected chi connectivity index (χ2v) is 6.05. The van der Waals surface area contributed by atoms with Crippen LogP contribution in [-0.2, 0) is 11.2 Å². The lowest BCUT2D eigenvalue weighted by molar-refractivity contribution is -0.121. The number of aromatic nitrogens is 4. The second-order valence-electron chi connectivity index (χ2n) is 6.05. The van der Waals surface area contributed by atoms with Crippen molar-refractivity contribution in [2.75, 3.05) is 24.5 Å². The maximum atomic E-state index is 12.0. The average molecular weight is 332 g/mol. The smallest absolute Gasteiger partial charge is 0.226 e. The average Bonchev–Trinajstić information content (AvgIpc) is 2.99. The summed E-state index contributed by atoms with van der Waals surface area (Å²) in [5.41, 5.74) is 0.0842. The third kappa shape index (κ3) is 3.85. The number of aryl methyl sites for hydroxylation is 1. The molecule has 1 aliphatic heterocycles. The number of carbonyl (C=O) groups is 1. The molecule has 0 spiro atoms. The molecular weight excluding hydrogens is 312 g/mol. The van der Waals surface area contributed by atoms with Crippen LogP contribution in [0.15, 0.2) is 23.1 Å². The molecule has 0 saturated carbocycles. The molecule has 0 aliphatic carbocycles. The summed E-state index contributed by atoms with van der Waals surface area (Å²) in [7, 11) is 0. The fourth-order valence-corrected chi connectivity index (χ4v) is 2.77. The minimum atomic E-state index is -1.01. The number of rotatable bonds is 5. The highest BCUT2D eigenvalue weighted by atomic mass is 16.6. The summed E-state index contributed by atoms with van der Waals surface area (Å²) in [5, 5.41) is 20.9. The van der Waals surface area contributed by atoms with Gasteiger partial charge in [-0.1, -0.05) is 10.3 Å². The van der Waals surface area contributed by atoms with Crippen LogP contribution in [0.25, 0.3) is 0 Å². The van der Waals surface area contributed by atoms with Crippen LogP contribution in [0, 0.1) is 6.92 Å². The van der Waals surface area contributed by atoms with Gasteiger partial charge in [0.1, 0.15) is 11.4 Å². The van der Waals surface area contributed by atoms with E-state index in [1.165, 1.54) is 0 Å². The second kappa shape index (κ2) is 6.91. The van der Waals surface area contributed by atoms with E-state index in [4.69, 9.17) is 0 Å². The van der Waals surface area contributed by atoms with Crippen LogP contribution in [-0.4, -0.2) is 56.5 Å². The molecule has 1 atom stereocenters. The molecule has 1 saturated heterocycles. The van der Waals surface area contributed by atoms with Gasteiger partial charge in [-0.15, -0.1) is 0 Å². The summed E-state index contributed by atoms with van der Waals surface area (Å²) in [5.74, 6) is 0.363. The topological polar surface area (TPSA) is 117 Å². The van der Waals surface area contributed by atoms with E-state index < -0.39 is 5.60 Å². The third-order valence-electron chi connectivity index (χ3n) is 4.08. The van der Waals surface area contributed by atoms with Crippen molar-refractivity contribution in [3.63, 3.8) is 0 Å². The number of amides is 1. The number of hydrogen-bond donors (Lipinski definition) is 2. The monoisotopic (exact) mass is 332 g/mol. The zero-order valence-electron chi connectivity index (χ0n) is 13.5. The molecule has 1 fully saturated rings. The lowest BCUT2D eigenvalue weighted by Crippen LogP contribution is -2.55. The molecule has 3 rings (SSSR count). The van der Waals surface area contributed by atoms with Gasteiger partial charge in [0.05, 0.1) is 18.6 Å². The van der Waals surface area contributed by atoms with Crippen LogP contribution in [0.4, 0.5) is 5.95 Å². The molecule has 0 radical (unpaired) electrons. The number of piperidine rings is 1. The molecule has 9 nitrogen and oxygen atoms in total. The van der Waals surface area contributed by atoms with Crippen molar-refractivity contribution >= 4 is 11.9 Å². The van der Waals surface area contributed by atoms with Gasteiger partial charge in [0, 0.05) is 25.5 Å². The molecule has 0 aromatic carbocycles. The molecule has 3 heterocycles. The standard InChI is InChI=1S/C15H20N6O3/c1-11-12(20-24-19-11)8-13(22)18-9-15(23)4-2-7-21(10-15)14-16-5-3-6-17-14/h3,5-6,23H,2,4,7-10H2,1H3,(H,18,22)/t15-/m0/s1. The summed E-state index contributed by atoms with van der Waals surface area (Å²) < 4.78 is 4.57. The molecule has 2 aromatic heterocycles. The van der Waals surface area contributed by atoms with Gasteiger partial charge in [-0.3, -0.25) is 4.79 Å². The predicted molar refractivity (Wildman–Crippen MR) is 84.2 cm³/mol. The highest BCUT2D eigenvalue weighted by Gasteiger charge is 2.34. The quantitative estimate of drug-likeness (QED) is 0.777. The zero-order chi connectivity index (χ0) is 17.0. The number of nitrogens with one attached hydrogen (secondary N) is 1. The van der Waals surface area contributed by atoms with E-state index in [1.54, 1.807) is 25.4 Å². The van der Waals surface area contributed by atoms with Crippen molar-refractivity contribution in [3.8, 4) is 0 Å². The first-order valence-electron chi connectivity index (χ1n) is 7.85. The van der Waals surface area contributed by atoms with Gasteiger partial charge < -0.3 is 15.3 Å². The van der Waals surface area contributed by atoms with E-state index in [1.807, 2.05) is 4.90 Å². The molecule has 2 aromatic rings. The molecule has 128 valence electrons.